The van der Waals surface area contributed by atoms with E-state index >= 15 is 0 Å². The molecule has 1 heterocycles. The van der Waals surface area contributed by atoms with Crippen LogP contribution in [0.3, 0.4) is 0 Å². The van der Waals surface area contributed by atoms with E-state index in [4.69, 9.17) is 0 Å². The lowest BCUT2D eigenvalue weighted by molar-refractivity contribution is -0.384. The van der Waals surface area contributed by atoms with Gasteiger partial charge < -0.3 is 0 Å². The summed E-state index contributed by atoms with van der Waals surface area (Å²) in [6.45, 7) is 0. The van der Waals surface area contributed by atoms with Crippen LogP contribution in [0.15, 0.2) is 40.2 Å². The number of hydrogen-bond acceptors (Lipinski definition) is 3. The van der Waals surface area contributed by atoms with Crippen LogP contribution >= 0.6 is 27.3 Å². The molecule has 0 aliphatic heterocycles. The van der Waals surface area contributed by atoms with E-state index in [1.54, 1.807) is 23.5 Å². The average molecular weight is 284 g/mol. The molecule has 76 valence electrons. The molecule has 2 aromatic rings. The fourth-order valence-electron chi connectivity index (χ4n) is 1.21. The lowest BCUT2D eigenvalue weighted by Gasteiger charge is -1.95. The molecular weight excluding hydrogens is 278 g/mol. The highest BCUT2D eigenvalue weighted by Gasteiger charge is 2.06. The van der Waals surface area contributed by atoms with E-state index in [0.29, 0.717) is 0 Å². The summed E-state index contributed by atoms with van der Waals surface area (Å²) < 4.78 is 1.03. The van der Waals surface area contributed by atoms with Gasteiger partial charge in [-0.3, -0.25) is 10.1 Å². The van der Waals surface area contributed by atoms with Crippen molar-refractivity contribution in [3.05, 3.63) is 50.3 Å². The van der Waals surface area contributed by atoms with Crippen LogP contribution in [0.25, 0.3) is 10.4 Å². The van der Waals surface area contributed by atoms with Crippen molar-refractivity contribution in [1.82, 2.24) is 0 Å². The van der Waals surface area contributed by atoms with Crippen LogP contribution in [-0.2, 0) is 0 Å². The Labute approximate surface area is 98.6 Å². The zero-order valence-electron chi connectivity index (χ0n) is 7.51. The quantitative estimate of drug-likeness (QED) is 0.616. The molecule has 3 nitrogen and oxygen atoms in total. The number of nitro benzene ring substituents is 1. The summed E-state index contributed by atoms with van der Waals surface area (Å²) in [4.78, 5) is 11.2. The van der Waals surface area contributed by atoms with Crippen LogP contribution in [0.2, 0.25) is 0 Å². The zero-order chi connectivity index (χ0) is 10.8. The van der Waals surface area contributed by atoms with E-state index in [2.05, 4.69) is 15.9 Å². The monoisotopic (exact) mass is 283 g/mol. The van der Waals surface area contributed by atoms with Gasteiger partial charge in [-0.25, -0.2) is 0 Å². The Hall–Kier alpha value is -1.20. The number of non-ortho nitro benzene ring substituents is 1. The molecule has 1 aromatic heterocycles. The minimum Gasteiger partial charge on any atom is -0.258 e. The van der Waals surface area contributed by atoms with Crippen molar-refractivity contribution >= 4 is 33.0 Å². The van der Waals surface area contributed by atoms with Gasteiger partial charge in [0.1, 0.15) is 0 Å². The fraction of sp³-hybridized carbons (Fsp3) is 0. The summed E-state index contributed by atoms with van der Waals surface area (Å²) in [6, 6.07) is 8.55. The third-order valence-corrected chi connectivity index (χ3v) is 3.67. The molecule has 0 fully saturated rings. The predicted octanol–water partition coefficient (Wildman–Crippen LogP) is 4.09. The van der Waals surface area contributed by atoms with Crippen LogP contribution in [0, 0.1) is 10.1 Å². The maximum atomic E-state index is 10.5. The van der Waals surface area contributed by atoms with E-state index in [9.17, 15) is 10.1 Å². The molecule has 0 radical (unpaired) electrons. The number of halogens is 1. The van der Waals surface area contributed by atoms with Crippen molar-refractivity contribution in [2.75, 3.05) is 0 Å². The normalized spacial score (nSPS) is 10.2. The second-order valence-corrected chi connectivity index (χ2v) is 4.76. The molecule has 0 atom stereocenters. The smallest absolute Gasteiger partial charge is 0.258 e. The first kappa shape index (κ1) is 10.3. The van der Waals surface area contributed by atoms with Gasteiger partial charge in [0.05, 0.1) is 4.92 Å². The van der Waals surface area contributed by atoms with Gasteiger partial charge in [-0.15, -0.1) is 11.3 Å². The third kappa shape index (κ3) is 2.24. The molecule has 0 spiro atoms. The molecule has 0 unspecified atom stereocenters. The van der Waals surface area contributed by atoms with Gasteiger partial charge in [0.15, 0.2) is 0 Å². The highest BCUT2D eigenvalue weighted by atomic mass is 79.9. The Morgan fingerprint density at radius 3 is 2.40 bits per heavy atom. The summed E-state index contributed by atoms with van der Waals surface area (Å²) in [5, 5.41) is 12.4. The van der Waals surface area contributed by atoms with E-state index in [1.807, 2.05) is 11.4 Å². The Balaban J connectivity index is 2.35. The lowest BCUT2D eigenvalue weighted by atomic mass is 10.2. The molecule has 0 saturated heterocycles. The van der Waals surface area contributed by atoms with Gasteiger partial charge in [0, 0.05) is 26.9 Å². The topological polar surface area (TPSA) is 43.1 Å². The largest absolute Gasteiger partial charge is 0.269 e. The highest BCUT2D eigenvalue weighted by Crippen LogP contribution is 2.30. The summed E-state index contributed by atoms with van der Waals surface area (Å²) in [7, 11) is 0. The van der Waals surface area contributed by atoms with Crippen LogP contribution in [0.5, 0.6) is 0 Å². The van der Waals surface area contributed by atoms with Crippen LogP contribution in [0.4, 0.5) is 5.69 Å². The Bertz CT molecular complexity index is 492. The summed E-state index contributed by atoms with van der Waals surface area (Å²) in [5.74, 6) is 0. The van der Waals surface area contributed by atoms with Crippen LogP contribution in [0.1, 0.15) is 0 Å². The lowest BCUT2D eigenvalue weighted by Crippen LogP contribution is -1.86. The number of nitrogens with zero attached hydrogens (tertiary/aromatic N) is 1. The first-order valence-corrected chi connectivity index (χ1v) is 5.83. The number of thiophene rings is 1. The Morgan fingerprint density at radius 1 is 1.27 bits per heavy atom. The summed E-state index contributed by atoms with van der Waals surface area (Å²) in [5.41, 5.74) is 1.12. The maximum Gasteiger partial charge on any atom is 0.269 e. The first-order valence-electron chi connectivity index (χ1n) is 4.15. The van der Waals surface area contributed by atoms with Gasteiger partial charge >= 0.3 is 0 Å². The number of benzene rings is 1. The van der Waals surface area contributed by atoms with Gasteiger partial charge in [-0.2, -0.15) is 0 Å². The molecule has 1 aromatic carbocycles. The van der Waals surface area contributed by atoms with Crippen molar-refractivity contribution in [3.8, 4) is 10.4 Å². The zero-order valence-corrected chi connectivity index (χ0v) is 9.92. The molecule has 0 bridgehead atoms. The maximum absolute atomic E-state index is 10.5. The van der Waals surface area contributed by atoms with Crippen molar-refractivity contribution in [2.24, 2.45) is 0 Å². The molecule has 15 heavy (non-hydrogen) atoms. The van der Waals surface area contributed by atoms with Gasteiger partial charge in [0.2, 0.25) is 0 Å². The van der Waals surface area contributed by atoms with Crippen molar-refractivity contribution in [2.45, 2.75) is 0 Å². The summed E-state index contributed by atoms with van der Waals surface area (Å²) in [6.07, 6.45) is 0. The molecule has 5 heteroatoms. The molecule has 0 N–H and O–H groups in total. The van der Waals surface area contributed by atoms with Gasteiger partial charge in [-0.05, 0) is 39.7 Å². The van der Waals surface area contributed by atoms with Crippen LogP contribution in [-0.4, -0.2) is 4.92 Å². The van der Waals surface area contributed by atoms with E-state index in [-0.39, 0.29) is 5.69 Å². The molecular formula is C10H6BrNO2S. The fourth-order valence-corrected chi connectivity index (χ4v) is 2.65. The second kappa shape index (κ2) is 4.12. The Morgan fingerprint density at radius 2 is 1.93 bits per heavy atom. The van der Waals surface area contributed by atoms with Crippen LogP contribution < -0.4 is 0 Å². The van der Waals surface area contributed by atoms with E-state index in [0.717, 1.165) is 14.9 Å². The second-order valence-electron chi connectivity index (χ2n) is 2.93. The predicted molar refractivity (Wildman–Crippen MR) is 64.1 cm³/mol. The molecule has 0 aliphatic carbocycles. The summed E-state index contributed by atoms with van der Waals surface area (Å²) >= 11 is 4.97. The SMILES string of the molecule is O=[N+]([O-])c1ccc(-c2cc(Br)cs2)cc1. The van der Waals surface area contributed by atoms with Crippen molar-refractivity contribution < 1.29 is 4.92 Å². The van der Waals surface area contributed by atoms with Gasteiger partial charge in [-0.1, -0.05) is 0 Å². The molecule has 0 aliphatic rings. The Kier molecular flexibility index (Phi) is 2.83. The number of hydrogen-bond donors (Lipinski definition) is 0. The minimum absolute atomic E-state index is 0.120. The van der Waals surface area contributed by atoms with E-state index in [1.165, 1.54) is 12.1 Å². The first-order chi connectivity index (χ1) is 7.16. The van der Waals surface area contributed by atoms with Crippen molar-refractivity contribution in [3.63, 3.8) is 0 Å². The highest BCUT2D eigenvalue weighted by molar-refractivity contribution is 9.10. The van der Waals surface area contributed by atoms with E-state index < -0.39 is 4.92 Å². The average Bonchev–Trinajstić information content (AvgIpc) is 2.65. The third-order valence-electron chi connectivity index (χ3n) is 1.93. The number of nitro groups is 1. The number of rotatable bonds is 2. The standard InChI is InChI=1S/C10H6BrNO2S/c11-8-5-10(15-6-8)7-1-3-9(4-2-7)12(13)14/h1-6H. The van der Waals surface area contributed by atoms with Crippen molar-refractivity contribution in [1.29, 1.82) is 0 Å². The minimum atomic E-state index is -0.395. The molecule has 2 rings (SSSR count). The molecule has 0 amide bonds. The molecule has 0 saturated carbocycles. The van der Waals surface area contributed by atoms with Gasteiger partial charge in [0.25, 0.3) is 5.69 Å².